The minimum atomic E-state index is 0.363. The zero-order valence-electron chi connectivity index (χ0n) is 11.8. The zero-order chi connectivity index (χ0) is 14.7. The van der Waals surface area contributed by atoms with E-state index in [4.69, 9.17) is 0 Å². The van der Waals surface area contributed by atoms with Crippen LogP contribution in [0, 0.1) is 0 Å². The van der Waals surface area contributed by atoms with Crippen LogP contribution in [-0.2, 0) is 6.42 Å². The number of pyridine rings is 1. The lowest BCUT2D eigenvalue weighted by Crippen LogP contribution is -2.21. The van der Waals surface area contributed by atoms with Gasteiger partial charge in [-0.15, -0.1) is 11.3 Å². The Hall–Kier alpha value is -1.23. The Morgan fingerprint density at radius 3 is 2.90 bits per heavy atom. The fourth-order valence-electron chi connectivity index (χ4n) is 2.50. The molecule has 2 nitrogen and oxygen atoms in total. The lowest BCUT2D eigenvalue weighted by molar-refractivity contribution is 0.584. The van der Waals surface area contributed by atoms with Crippen LogP contribution in [0.25, 0.3) is 10.9 Å². The Labute approximate surface area is 137 Å². The van der Waals surface area contributed by atoms with Crippen LogP contribution in [0.5, 0.6) is 0 Å². The Bertz CT molecular complexity index is 733. The van der Waals surface area contributed by atoms with Gasteiger partial charge < -0.3 is 5.32 Å². The van der Waals surface area contributed by atoms with Gasteiger partial charge in [-0.3, -0.25) is 4.98 Å². The average Bonchev–Trinajstić information content (AvgIpc) is 2.93. The third kappa shape index (κ3) is 3.34. The quantitative estimate of drug-likeness (QED) is 0.695. The van der Waals surface area contributed by atoms with Crippen molar-refractivity contribution in [2.45, 2.75) is 19.4 Å². The van der Waals surface area contributed by atoms with Gasteiger partial charge in [0.2, 0.25) is 0 Å². The maximum Gasteiger partial charge on any atom is 0.0734 e. The third-order valence-corrected chi connectivity index (χ3v) is 5.65. The normalized spacial score (nSPS) is 12.7. The first-order valence-corrected chi connectivity index (χ1v) is 8.72. The number of hydrogen-bond donors (Lipinski definition) is 1. The van der Waals surface area contributed by atoms with Crippen molar-refractivity contribution in [2.24, 2.45) is 0 Å². The van der Waals surface area contributed by atoms with Crippen LogP contribution >= 0.6 is 27.3 Å². The molecule has 0 aliphatic carbocycles. The van der Waals surface area contributed by atoms with Crippen molar-refractivity contribution in [1.29, 1.82) is 0 Å². The SMILES string of the molecule is CC(NCCc1cccc2cccnc12)c1sccc1Br. The van der Waals surface area contributed by atoms with E-state index in [-0.39, 0.29) is 0 Å². The smallest absolute Gasteiger partial charge is 0.0734 e. The molecule has 1 N–H and O–H groups in total. The Kier molecular flexibility index (Phi) is 4.68. The standard InChI is InChI=1S/C17H17BrN2S/c1-12(17-15(18)8-11-21-17)19-10-7-14-5-2-4-13-6-3-9-20-16(13)14/h2-6,8-9,11-12,19H,7,10H2,1H3. The van der Waals surface area contributed by atoms with Crippen molar-refractivity contribution in [3.8, 4) is 0 Å². The van der Waals surface area contributed by atoms with Gasteiger partial charge in [-0.1, -0.05) is 24.3 Å². The Balaban J connectivity index is 1.66. The van der Waals surface area contributed by atoms with Crippen LogP contribution in [0.3, 0.4) is 0 Å². The molecule has 0 aliphatic heterocycles. The van der Waals surface area contributed by atoms with E-state index in [1.165, 1.54) is 20.3 Å². The van der Waals surface area contributed by atoms with Gasteiger partial charge in [-0.05, 0) is 58.9 Å². The van der Waals surface area contributed by atoms with Gasteiger partial charge >= 0.3 is 0 Å². The van der Waals surface area contributed by atoms with E-state index >= 15 is 0 Å². The first kappa shape index (κ1) is 14.7. The summed E-state index contributed by atoms with van der Waals surface area (Å²) in [5, 5.41) is 6.92. The predicted molar refractivity (Wildman–Crippen MR) is 93.9 cm³/mol. The fourth-order valence-corrected chi connectivity index (χ4v) is 4.25. The molecule has 2 heterocycles. The molecule has 21 heavy (non-hydrogen) atoms. The van der Waals surface area contributed by atoms with Gasteiger partial charge in [-0.2, -0.15) is 0 Å². The molecule has 3 rings (SSSR count). The maximum absolute atomic E-state index is 4.51. The van der Waals surface area contributed by atoms with E-state index in [9.17, 15) is 0 Å². The number of rotatable bonds is 5. The zero-order valence-corrected chi connectivity index (χ0v) is 14.2. The number of para-hydroxylation sites is 1. The Morgan fingerprint density at radius 2 is 2.10 bits per heavy atom. The highest BCUT2D eigenvalue weighted by Crippen LogP contribution is 2.28. The molecule has 0 spiro atoms. The molecule has 0 amide bonds. The Morgan fingerprint density at radius 1 is 1.24 bits per heavy atom. The molecule has 0 fully saturated rings. The number of hydrogen-bond acceptors (Lipinski definition) is 3. The topological polar surface area (TPSA) is 24.9 Å². The van der Waals surface area contributed by atoms with Gasteiger partial charge in [0.25, 0.3) is 0 Å². The molecule has 0 radical (unpaired) electrons. The van der Waals surface area contributed by atoms with Crippen molar-refractivity contribution < 1.29 is 0 Å². The molecular formula is C17H17BrN2S. The molecular weight excluding hydrogens is 344 g/mol. The summed E-state index contributed by atoms with van der Waals surface area (Å²) >= 11 is 5.38. The molecule has 3 aromatic rings. The number of benzene rings is 1. The number of halogens is 1. The monoisotopic (exact) mass is 360 g/mol. The summed E-state index contributed by atoms with van der Waals surface area (Å²) in [6.07, 6.45) is 2.85. The highest BCUT2D eigenvalue weighted by Gasteiger charge is 2.10. The van der Waals surface area contributed by atoms with Crippen LogP contribution in [0.15, 0.2) is 52.4 Å². The molecule has 1 unspecified atom stereocenters. The summed E-state index contributed by atoms with van der Waals surface area (Å²) < 4.78 is 1.19. The second-order valence-corrected chi connectivity index (χ2v) is 6.85. The summed E-state index contributed by atoms with van der Waals surface area (Å²) in [4.78, 5) is 5.86. The first-order valence-electron chi connectivity index (χ1n) is 7.04. The van der Waals surface area contributed by atoms with Crippen molar-refractivity contribution in [2.75, 3.05) is 6.54 Å². The third-order valence-electron chi connectivity index (χ3n) is 3.60. The predicted octanol–water partition coefficient (Wildman–Crippen LogP) is 4.95. The second kappa shape index (κ2) is 6.69. The van der Waals surface area contributed by atoms with E-state index in [0.717, 1.165) is 18.5 Å². The highest BCUT2D eigenvalue weighted by molar-refractivity contribution is 9.10. The lowest BCUT2D eigenvalue weighted by Gasteiger charge is -2.13. The number of nitrogens with zero attached hydrogens (tertiary/aromatic N) is 1. The fraction of sp³-hybridized carbons (Fsp3) is 0.235. The van der Waals surface area contributed by atoms with Crippen molar-refractivity contribution in [3.63, 3.8) is 0 Å². The molecule has 4 heteroatoms. The van der Waals surface area contributed by atoms with Gasteiger partial charge in [0, 0.05) is 27.0 Å². The van der Waals surface area contributed by atoms with E-state index in [1.54, 1.807) is 11.3 Å². The summed E-state index contributed by atoms with van der Waals surface area (Å²) in [6, 6.07) is 13.0. The lowest BCUT2D eigenvalue weighted by atomic mass is 10.1. The minimum absolute atomic E-state index is 0.363. The van der Waals surface area contributed by atoms with Gasteiger partial charge in [-0.25, -0.2) is 0 Å². The second-order valence-electron chi connectivity index (χ2n) is 5.05. The highest BCUT2D eigenvalue weighted by atomic mass is 79.9. The maximum atomic E-state index is 4.51. The summed E-state index contributed by atoms with van der Waals surface area (Å²) in [7, 11) is 0. The van der Waals surface area contributed by atoms with Crippen LogP contribution < -0.4 is 5.32 Å². The molecule has 0 saturated carbocycles. The van der Waals surface area contributed by atoms with Gasteiger partial charge in [0.1, 0.15) is 0 Å². The van der Waals surface area contributed by atoms with Crippen LogP contribution in [0.1, 0.15) is 23.4 Å². The molecule has 0 saturated heterocycles. The molecule has 1 atom stereocenters. The molecule has 0 bridgehead atoms. The van der Waals surface area contributed by atoms with E-state index in [2.05, 4.69) is 68.9 Å². The van der Waals surface area contributed by atoms with Crippen LogP contribution in [0.4, 0.5) is 0 Å². The van der Waals surface area contributed by atoms with Gasteiger partial charge in [0.05, 0.1) is 5.52 Å². The van der Waals surface area contributed by atoms with Crippen molar-refractivity contribution in [3.05, 3.63) is 62.9 Å². The van der Waals surface area contributed by atoms with Crippen molar-refractivity contribution in [1.82, 2.24) is 10.3 Å². The summed E-state index contributed by atoms with van der Waals surface area (Å²) in [5.74, 6) is 0. The molecule has 0 aliphatic rings. The number of nitrogens with one attached hydrogen (secondary N) is 1. The average molecular weight is 361 g/mol. The first-order chi connectivity index (χ1) is 10.3. The minimum Gasteiger partial charge on any atom is -0.309 e. The van der Waals surface area contributed by atoms with E-state index in [0.29, 0.717) is 6.04 Å². The van der Waals surface area contributed by atoms with Crippen LogP contribution in [-0.4, -0.2) is 11.5 Å². The number of fused-ring (bicyclic) bond motifs is 1. The van der Waals surface area contributed by atoms with E-state index < -0.39 is 0 Å². The largest absolute Gasteiger partial charge is 0.309 e. The van der Waals surface area contributed by atoms with Crippen molar-refractivity contribution >= 4 is 38.2 Å². The summed E-state index contributed by atoms with van der Waals surface area (Å²) in [6.45, 7) is 3.15. The molecule has 2 aromatic heterocycles. The number of aromatic nitrogens is 1. The summed E-state index contributed by atoms with van der Waals surface area (Å²) in [5.41, 5.74) is 2.42. The van der Waals surface area contributed by atoms with Gasteiger partial charge in [0.15, 0.2) is 0 Å². The van der Waals surface area contributed by atoms with E-state index in [1.807, 2.05) is 12.3 Å². The molecule has 1 aromatic carbocycles. The van der Waals surface area contributed by atoms with Crippen LogP contribution in [0.2, 0.25) is 0 Å². The number of thiophene rings is 1. The molecule has 108 valence electrons.